The van der Waals surface area contributed by atoms with Crippen LogP contribution in [-0.2, 0) is 16.1 Å². The van der Waals surface area contributed by atoms with Crippen molar-refractivity contribution < 1.29 is 9.53 Å². The molecule has 30 heavy (non-hydrogen) atoms. The van der Waals surface area contributed by atoms with Crippen molar-refractivity contribution in [1.82, 2.24) is 19.5 Å². The molecule has 0 radical (unpaired) electrons. The van der Waals surface area contributed by atoms with Crippen LogP contribution in [0.25, 0.3) is 16.9 Å². The summed E-state index contributed by atoms with van der Waals surface area (Å²) >= 11 is 0. The van der Waals surface area contributed by atoms with Crippen molar-refractivity contribution in [2.45, 2.75) is 45.4 Å². The highest BCUT2D eigenvalue weighted by Crippen LogP contribution is 2.30. The number of nitrogens with zero attached hydrogens (tertiary/aromatic N) is 4. The Balaban J connectivity index is 1.34. The topological polar surface area (TPSA) is 71.8 Å². The maximum atomic E-state index is 12.0. The Morgan fingerprint density at radius 2 is 1.83 bits per heavy atom. The zero-order valence-corrected chi connectivity index (χ0v) is 17.4. The molecule has 1 aromatic carbocycles. The van der Waals surface area contributed by atoms with Gasteiger partial charge in [-0.1, -0.05) is 30.3 Å². The van der Waals surface area contributed by atoms with E-state index < -0.39 is 0 Å². The summed E-state index contributed by atoms with van der Waals surface area (Å²) in [4.78, 5) is 18.9. The molecular formula is C23H27N5O2. The minimum atomic E-state index is 0.0172. The first kappa shape index (κ1) is 19.2. The minimum Gasteiger partial charge on any atom is -0.373 e. The fourth-order valence-corrected chi connectivity index (χ4v) is 4.19. The van der Waals surface area contributed by atoms with Gasteiger partial charge in [0.05, 0.1) is 17.9 Å². The van der Waals surface area contributed by atoms with Crippen LogP contribution in [0.3, 0.4) is 0 Å². The van der Waals surface area contributed by atoms with Crippen molar-refractivity contribution in [3.8, 4) is 11.3 Å². The SMILES string of the molecule is C[C@@H]1CN(Cc2ccc(-c3cccc4nc(NC(=O)C5CC5)nn34)cc2)C[C@H](C)O1. The molecule has 3 heterocycles. The number of ether oxygens (including phenoxy) is 1. The molecule has 1 saturated heterocycles. The van der Waals surface area contributed by atoms with E-state index >= 15 is 0 Å². The number of benzene rings is 1. The fourth-order valence-electron chi connectivity index (χ4n) is 4.19. The lowest BCUT2D eigenvalue weighted by Crippen LogP contribution is -2.44. The van der Waals surface area contributed by atoms with Crippen LogP contribution in [0.5, 0.6) is 0 Å². The van der Waals surface area contributed by atoms with Crippen molar-refractivity contribution in [1.29, 1.82) is 0 Å². The highest BCUT2D eigenvalue weighted by Gasteiger charge is 2.30. The summed E-state index contributed by atoms with van der Waals surface area (Å²) in [6, 6.07) is 14.5. The maximum Gasteiger partial charge on any atom is 0.249 e. The van der Waals surface area contributed by atoms with Crippen LogP contribution in [0.1, 0.15) is 32.3 Å². The predicted molar refractivity (Wildman–Crippen MR) is 115 cm³/mol. The number of aromatic nitrogens is 3. The van der Waals surface area contributed by atoms with Crippen molar-refractivity contribution >= 4 is 17.5 Å². The molecule has 1 N–H and O–H groups in total. The van der Waals surface area contributed by atoms with Crippen LogP contribution >= 0.6 is 0 Å². The standard InChI is InChI=1S/C23H27N5O2/c1-15-12-27(13-16(2)30-15)14-17-6-8-18(9-7-17)20-4-3-5-21-24-23(26-28(20)21)25-22(29)19-10-11-19/h3-9,15-16,19H,10-14H2,1-2H3,(H,25,26,29)/t15-,16+. The normalized spacial score (nSPS) is 22.3. The first-order valence-corrected chi connectivity index (χ1v) is 10.7. The number of morpholine rings is 1. The Morgan fingerprint density at radius 1 is 1.10 bits per heavy atom. The number of pyridine rings is 1. The van der Waals surface area contributed by atoms with E-state index in [9.17, 15) is 4.79 Å². The van der Waals surface area contributed by atoms with Gasteiger partial charge in [-0.15, -0.1) is 5.10 Å². The van der Waals surface area contributed by atoms with Gasteiger partial charge in [-0.25, -0.2) is 4.52 Å². The first-order valence-electron chi connectivity index (χ1n) is 10.7. The molecule has 2 aromatic heterocycles. The Morgan fingerprint density at radius 3 is 2.53 bits per heavy atom. The average Bonchev–Trinajstić information content (AvgIpc) is 3.48. The van der Waals surface area contributed by atoms with Crippen LogP contribution in [-0.4, -0.2) is 50.7 Å². The summed E-state index contributed by atoms with van der Waals surface area (Å²) in [5.41, 5.74) is 4.02. The zero-order valence-electron chi connectivity index (χ0n) is 17.4. The van der Waals surface area contributed by atoms with Gasteiger partial charge in [0.1, 0.15) is 0 Å². The number of hydrogen-bond donors (Lipinski definition) is 1. The van der Waals surface area contributed by atoms with Gasteiger partial charge in [-0.05, 0) is 44.4 Å². The molecule has 1 saturated carbocycles. The van der Waals surface area contributed by atoms with Gasteiger partial charge in [0.2, 0.25) is 11.9 Å². The lowest BCUT2D eigenvalue weighted by atomic mass is 10.1. The number of hydrogen-bond acceptors (Lipinski definition) is 5. The molecule has 0 spiro atoms. The number of amides is 1. The second-order valence-electron chi connectivity index (χ2n) is 8.53. The molecule has 156 valence electrons. The predicted octanol–water partition coefficient (Wildman–Crippen LogP) is 3.35. The summed E-state index contributed by atoms with van der Waals surface area (Å²) in [6.07, 6.45) is 2.46. The smallest absolute Gasteiger partial charge is 0.249 e. The summed E-state index contributed by atoms with van der Waals surface area (Å²) in [6.45, 7) is 7.10. The molecule has 2 fully saturated rings. The Hall–Kier alpha value is -2.77. The van der Waals surface area contributed by atoms with E-state index in [4.69, 9.17) is 4.74 Å². The first-order chi connectivity index (χ1) is 14.5. The van der Waals surface area contributed by atoms with Crippen LogP contribution in [0.15, 0.2) is 42.5 Å². The summed E-state index contributed by atoms with van der Waals surface area (Å²) in [7, 11) is 0. The fraction of sp³-hybridized carbons (Fsp3) is 0.435. The molecule has 1 aliphatic heterocycles. The van der Waals surface area contributed by atoms with Crippen LogP contribution in [0, 0.1) is 5.92 Å². The minimum absolute atomic E-state index is 0.0172. The number of anilines is 1. The van der Waals surface area contributed by atoms with Crippen molar-refractivity contribution in [3.63, 3.8) is 0 Å². The number of rotatable bonds is 5. The third kappa shape index (κ3) is 4.08. The van der Waals surface area contributed by atoms with Crippen LogP contribution in [0.4, 0.5) is 5.95 Å². The van der Waals surface area contributed by atoms with Crippen molar-refractivity contribution in [2.24, 2.45) is 5.92 Å². The average molecular weight is 406 g/mol. The highest BCUT2D eigenvalue weighted by atomic mass is 16.5. The van der Waals surface area contributed by atoms with E-state index in [0.717, 1.165) is 49.4 Å². The van der Waals surface area contributed by atoms with Crippen LogP contribution in [0.2, 0.25) is 0 Å². The molecule has 3 aromatic rings. The second-order valence-corrected chi connectivity index (χ2v) is 8.53. The molecule has 2 atom stereocenters. The summed E-state index contributed by atoms with van der Waals surface area (Å²) in [5.74, 6) is 0.510. The molecule has 0 bridgehead atoms. The summed E-state index contributed by atoms with van der Waals surface area (Å²) < 4.78 is 7.63. The molecule has 2 aliphatic rings. The third-order valence-corrected chi connectivity index (χ3v) is 5.69. The van der Waals surface area contributed by atoms with Gasteiger partial charge in [-0.2, -0.15) is 4.98 Å². The van der Waals surface area contributed by atoms with E-state index in [2.05, 4.69) is 58.4 Å². The van der Waals surface area contributed by atoms with E-state index in [1.165, 1.54) is 5.56 Å². The lowest BCUT2D eigenvalue weighted by molar-refractivity contribution is -0.117. The molecule has 1 aliphatic carbocycles. The number of fused-ring (bicyclic) bond motifs is 1. The molecular weight excluding hydrogens is 378 g/mol. The van der Waals surface area contributed by atoms with Crippen molar-refractivity contribution in [3.05, 3.63) is 48.0 Å². The lowest BCUT2D eigenvalue weighted by Gasteiger charge is -2.35. The van der Waals surface area contributed by atoms with Crippen molar-refractivity contribution in [2.75, 3.05) is 18.4 Å². The Kier molecular flexibility index (Phi) is 5.00. The van der Waals surface area contributed by atoms with E-state index in [-0.39, 0.29) is 24.0 Å². The molecule has 0 unspecified atom stereocenters. The Bertz CT molecular complexity index is 1050. The van der Waals surface area contributed by atoms with E-state index in [1.807, 2.05) is 18.2 Å². The number of nitrogens with one attached hydrogen (secondary N) is 1. The summed E-state index contributed by atoms with van der Waals surface area (Å²) in [5, 5.41) is 7.36. The maximum absolute atomic E-state index is 12.0. The highest BCUT2D eigenvalue weighted by molar-refractivity contribution is 5.92. The Labute approximate surface area is 176 Å². The third-order valence-electron chi connectivity index (χ3n) is 5.69. The molecule has 1 amide bonds. The van der Waals surface area contributed by atoms with Gasteiger partial charge in [-0.3, -0.25) is 15.0 Å². The number of carbonyl (C=O) groups is 1. The largest absolute Gasteiger partial charge is 0.373 e. The van der Waals surface area contributed by atoms with Gasteiger partial charge in [0, 0.05) is 31.1 Å². The molecule has 7 nitrogen and oxygen atoms in total. The molecule has 5 rings (SSSR count). The van der Waals surface area contributed by atoms with E-state index in [1.54, 1.807) is 4.52 Å². The van der Waals surface area contributed by atoms with Gasteiger partial charge < -0.3 is 4.74 Å². The van der Waals surface area contributed by atoms with Crippen LogP contribution < -0.4 is 5.32 Å². The molecule has 7 heteroatoms. The van der Waals surface area contributed by atoms with Gasteiger partial charge >= 0.3 is 0 Å². The zero-order chi connectivity index (χ0) is 20.7. The quantitative estimate of drug-likeness (QED) is 0.705. The van der Waals surface area contributed by atoms with Gasteiger partial charge in [0.25, 0.3) is 0 Å². The number of carbonyl (C=O) groups excluding carboxylic acids is 1. The second kappa shape index (κ2) is 7.81. The monoisotopic (exact) mass is 405 g/mol. The van der Waals surface area contributed by atoms with Gasteiger partial charge in [0.15, 0.2) is 5.65 Å². The van der Waals surface area contributed by atoms with E-state index in [0.29, 0.717) is 5.95 Å².